The number of rotatable bonds is 6. The molecule has 9 nitrogen and oxygen atoms in total. The third kappa shape index (κ3) is 5.25. The van der Waals surface area contributed by atoms with Gasteiger partial charge in [0.2, 0.25) is 5.91 Å². The number of nitrogens with zero attached hydrogens (tertiary/aromatic N) is 3. The Morgan fingerprint density at radius 1 is 1.03 bits per heavy atom. The smallest absolute Gasteiger partial charge is 0.335 e. The van der Waals surface area contributed by atoms with Gasteiger partial charge in [-0.1, -0.05) is 19.9 Å². The lowest BCUT2D eigenvalue weighted by atomic mass is 9.98. The van der Waals surface area contributed by atoms with Crippen molar-refractivity contribution >= 4 is 29.4 Å². The molecule has 0 spiro atoms. The van der Waals surface area contributed by atoms with Crippen molar-refractivity contribution in [3.63, 3.8) is 0 Å². The van der Waals surface area contributed by atoms with E-state index in [9.17, 15) is 19.5 Å². The predicted octanol–water partition coefficient (Wildman–Crippen LogP) is 4.95. The highest BCUT2D eigenvalue weighted by molar-refractivity contribution is 5.99. The van der Waals surface area contributed by atoms with E-state index >= 15 is 0 Å². The Bertz CT molecular complexity index is 1310. The number of anilines is 2. The number of likely N-dealkylation sites (tertiary alicyclic amines) is 1. The summed E-state index contributed by atoms with van der Waals surface area (Å²) >= 11 is 0. The molecule has 188 valence electrons. The summed E-state index contributed by atoms with van der Waals surface area (Å²) in [6.07, 6.45) is 2.99. The lowest BCUT2D eigenvalue weighted by molar-refractivity contribution is -0.119. The van der Waals surface area contributed by atoms with E-state index in [1.807, 2.05) is 25.1 Å². The second kappa shape index (κ2) is 10.2. The van der Waals surface area contributed by atoms with Crippen molar-refractivity contribution < 1.29 is 19.5 Å². The predicted molar refractivity (Wildman–Crippen MR) is 138 cm³/mol. The topological polar surface area (TPSA) is 117 Å². The number of carbonyl (C=O) groups excluding carboxylic acids is 2. The van der Waals surface area contributed by atoms with E-state index in [1.165, 1.54) is 11.6 Å². The number of aryl methyl sites for hydroxylation is 2. The number of carboxylic acid groups (broad SMARTS) is 1. The quantitative estimate of drug-likeness (QED) is 0.453. The first-order chi connectivity index (χ1) is 17.1. The Balaban J connectivity index is 1.42. The summed E-state index contributed by atoms with van der Waals surface area (Å²) in [4.78, 5) is 38.8. The third-order valence-electron chi connectivity index (χ3n) is 6.50. The molecule has 3 aromatic rings. The monoisotopic (exact) mass is 489 g/mol. The van der Waals surface area contributed by atoms with Crippen LogP contribution in [0.4, 0.5) is 16.3 Å². The largest absolute Gasteiger partial charge is 0.478 e. The van der Waals surface area contributed by atoms with Crippen LogP contribution in [0.2, 0.25) is 0 Å². The van der Waals surface area contributed by atoms with Gasteiger partial charge in [0, 0.05) is 24.5 Å². The number of hydrogen-bond donors (Lipinski definition) is 3. The summed E-state index contributed by atoms with van der Waals surface area (Å²) in [5.74, 6) is -0.526. The average molecular weight is 490 g/mol. The van der Waals surface area contributed by atoms with Crippen LogP contribution in [0.5, 0.6) is 0 Å². The molecule has 1 aromatic heterocycles. The van der Waals surface area contributed by atoms with Crippen LogP contribution in [0.15, 0.2) is 48.7 Å². The summed E-state index contributed by atoms with van der Waals surface area (Å²) in [6, 6.07) is 11.5. The number of carboxylic acids is 1. The Morgan fingerprint density at radius 2 is 1.81 bits per heavy atom. The fourth-order valence-corrected chi connectivity index (χ4v) is 4.65. The highest BCUT2D eigenvalue weighted by atomic mass is 16.4. The van der Waals surface area contributed by atoms with Gasteiger partial charge in [-0.25, -0.2) is 14.3 Å². The molecule has 2 heterocycles. The van der Waals surface area contributed by atoms with Crippen molar-refractivity contribution in [3.8, 4) is 5.69 Å². The van der Waals surface area contributed by atoms with E-state index in [0.29, 0.717) is 41.6 Å². The molecule has 1 aliphatic heterocycles. The van der Waals surface area contributed by atoms with Gasteiger partial charge in [-0.15, -0.1) is 0 Å². The number of aromatic carboxylic acids is 1. The summed E-state index contributed by atoms with van der Waals surface area (Å²) in [5, 5.41) is 19.4. The van der Waals surface area contributed by atoms with Gasteiger partial charge < -0.3 is 20.6 Å². The van der Waals surface area contributed by atoms with Gasteiger partial charge in [0.25, 0.3) is 0 Å². The zero-order valence-corrected chi connectivity index (χ0v) is 20.9. The second-order valence-corrected chi connectivity index (χ2v) is 9.45. The maximum atomic E-state index is 13.0. The maximum Gasteiger partial charge on any atom is 0.335 e. The zero-order valence-electron chi connectivity index (χ0n) is 20.9. The molecule has 0 aliphatic carbocycles. The van der Waals surface area contributed by atoms with E-state index in [2.05, 4.69) is 29.6 Å². The van der Waals surface area contributed by atoms with Crippen LogP contribution in [0.25, 0.3) is 5.69 Å². The third-order valence-corrected chi connectivity index (χ3v) is 6.50. The molecular formula is C27H31N5O4. The first kappa shape index (κ1) is 25.0. The van der Waals surface area contributed by atoms with E-state index < -0.39 is 12.0 Å². The fourth-order valence-electron chi connectivity index (χ4n) is 4.65. The highest BCUT2D eigenvalue weighted by Gasteiger charge is 2.34. The van der Waals surface area contributed by atoms with Crippen molar-refractivity contribution in [2.24, 2.45) is 0 Å². The van der Waals surface area contributed by atoms with E-state index in [4.69, 9.17) is 0 Å². The minimum atomic E-state index is -0.986. The first-order valence-corrected chi connectivity index (χ1v) is 12.0. The summed E-state index contributed by atoms with van der Waals surface area (Å²) < 4.78 is 1.57. The van der Waals surface area contributed by atoms with Crippen molar-refractivity contribution in [2.75, 3.05) is 17.2 Å². The second-order valence-electron chi connectivity index (χ2n) is 9.45. The first-order valence-electron chi connectivity index (χ1n) is 12.0. The molecule has 1 fully saturated rings. The molecule has 0 unspecified atom stereocenters. The van der Waals surface area contributed by atoms with Gasteiger partial charge in [0.15, 0.2) is 5.82 Å². The lowest BCUT2D eigenvalue weighted by Crippen LogP contribution is -2.45. The van der Waals surface area contributed by atoms with Crippen LogP contribution >= 0.6 is 0 Å². The average Bonchev–Trinajstić information content (AvgIpc) is 3.48. The van der Waals surface area contributed by atoms with Gasteiger partial charge in [-0.2, -0.15) is 5.10 Å². The zero-order chi connectivity index (χ0) is 26.0. The normalized spacial score (nSPS) is 15.2. The van der Waals surface area contributed by atoms with E-state index in [-0.39, 0.29) is 17.5 Å². The molecule has 36 heavy (non-hydrogen) atoms. The fraction of sp³-hybridized carbons (Fsp3) is 0.333. The minimum Gasteiger partial charge on any atom is -0.478 e. The number of aromatic nitrogens is 2. The number of hydrogen-bond acceptors (Lipinski definition) is 4. The molecular weight excluding hydrogens is 458 g/mol. The summed E-state index contributed by atoms with van der Waals surface area (Å²) in [6.45, 7) is 8.51. The summed E-state index contributed by atoms with van der Waals surface area (Å²) in [5.41, 5.74) is 4.57. The van der Waals surface area contributed by atoms with Gasteiger partial charge in [-0.05, 0) is 79.6 Å². The number of benzene rings is 2. The van der Waals surface area contributed by atoms with Crippen molar-refractivity contribution in [1.82, 2.24) is 14.7 Å². The van der Waals surface area contributed by atoms with Crippen molar-refractivity contribution in [2.45, 2.75) is 52.5 Å². The molecule has 0 bridgehead atoms. The molecule has 2 aromatic carbocycles. The molecule has 9 heteroatoms. The Morgan fingerprint density at radius 3 is 2.47 bits per heavy atom. The number of urea groups is 1. The highest BCUT2D eigenvalue weighted by Crippen LogP contribution is 2.24. The number of amides is 3. The van der Waals surface area contributed by atoms with Crippen LogP contribution in [0, 0.1) is 13.8 Å². The van der Waals surface area contributed by atoms with Gasteiger partial charge in [-0.3, -0.25) is 4.79 Å². The Labute approximate surface area is 210 Å². The molecule has 4 rings (SSSR count). The standard InChI is InChI=1S/C27H31N5O4/c1-16(2)21-9-7-19(14-17(21)3)28-27(36)31-12-5-6-23(31)25(33)29-24-11-13-32(30-24)20-8-10-22(26(34)35)18(4)15-20/h7-11,13-16,23H,5-6,12H2,1-4H3,(H,28,36)(H,34,35)(H,29,30,33)/t23-/m1/s1. The SMILES string of the molecule is Cc1cc(-n2ccc(NC(=O)[C@H]3CCCN3C(=O)Nc3ccc(C(C)C)c(C)c3)n2)ccc1C(=O)O. The van der Waals surface area contributed by atoms with Crippen LogP contribution in [-0.2, 0) is 4.79 Å². The van der Waals surface area contributed by atoms with Crippen molar-refractivity contribution in [1.29, 1.82) is 0 Å². The van der Waals surface area contributed by atoms with Gasteiger partial charge in [0.1, 0.15) is 6.04 Å². The van der Waals surface area contributed by atoms with Gasteiger partial charge in [0.05, 0.1) is 11.3 Å². The van der Waals surface area contributed by atoms with Crippen LogP contribution < -0.4 is 10.6 Å². The molecule has 0 radical (unpaired) electrons. The van der Waals surface area contributed by atoms with Gasteiger partial charge >= 0.3 is 12.0 Å². The molecule has 1 aliphatic rings. The van der Waals surface area contributed by atoms with E-state index in [1.54, 1.807) is 40.9 Å². The Hall–Kier alpha value is -4.14. The van der Waals surface area contributed by atoms with Crippen molar-refractivity contribution in [3.05, 3.63) is 70.9 Å². The van der Waals surface area contributed by atoms with Crippen LogP contribution in [0.3, 0.4) is 0 Å². The van der Waals surface area contributed by atoms with E-state index in [0.717, 1.165) is 12.0 Å². The Kier molecular flexibility index (Phi) is 7.10. The molecule has 3 amide bonds. The minimum absolute atomic E-state index is 0.227. The molecule has 3 N–H and O–H groups in total. The van der Waals surface area contributed by atoms with Crippen LogP contribution in [0.1, 0.15) is 59.7 Å². The lowest BCUT2D eigenvalue weighted by Gasteiger charge is -2.24. The molecule has 0 saturated carbocycles. The maximum absolute atomic E-state index is 13.0. The number of nitrogens with one attached hydrogen (secondary N) is 2. The summed E-state index contributed by atoms with van der Waals surface area (Å²) in [7, 11) is 0. The van der Waals surface area contributed by atoms with Crippen LogP contribution in [-0.4, -0.2) is 50.3 Å². The number of carbonyl (C=O) groups is 3. The molecule has 1 saturated heterocycles. The molecule has 1 atom stereocenters.